The zero-order valence-corrected chi connectivity index (χ0v) is 18.4. The molecule has 1 aliphatic heterocycles. The minimum Gasteiger partial charge on any atom is -0.590 e. The molecule has 0 saturated carbocycles. The van der Waals surface area contributed by atoms with E-state index in [-0.39, 0.29) is 6.10 Å². The highest BCUT2D eigenvalue weighted by molar-refractivity contribution is 7.92. The second kappa shape index (κ2) is 10.4. The number of rotatable bonds is 11. The van der Waals surface area contributed by atoms with Crippen molar-refractivity contribution in [3.63, 3.8) is 0 Å². The summed E-state index contributed by atoms with van der Waals surface area (Å²) in [6, 6.07) is 8.00. The van der Waals surface area contributed by atoms with E-state index in [4.69, 9.17) is 19.9 Å². The highest BCUT2D eigenvalue weighted by Crippen LogP contribution is 2.23. The van der Waals surface area contributed by atoms with E-state index in [2.05, 4.69) is 4.40 Å². The summed E-state index contributed by atoms with van der Waals surface area (Å²) in [5.41, 5.74) is 6.43. The van der Waals surface area contributed by atoms with Gasteiger partial charge in [0, 0.05) is 6.42 Å². The molecule has 1 unspecified atom stereocenters. The second-order valence-corrected chi connectivity index (χ2v) is 9.64. The maximum atomic E-state index is 11.9. The largest absolute Gasteiger partial charge is 0.590 e. The number of nitrogens with zero attached hydrogens (tertiary/aromatic N) is 1. The van der Waals surface area contributed by atoms with Crippen LogP contribution < -0.4 is 10.5 Å². The van der Waals surface area contributed by atoms with Crippen LogP contribution >= 0.6 is 0 Å². The molecule has 1 amide bonds. The molecule has 0 bridgehead atoms. The number of carbonyl (C=O) groups is 1. The van der Waals surface area contributed by atoms with E-state index in [1.165, 1.54) is 25.6 Å². The number of primary amides is 1. The molecule has 2 N–H and O–H groups in total. The first-order valence-corrected chi connectivity index (χ1v) is 10.8. The molecule has 29 heavy (non-hydrogen) atoms. The van der Waals surface area contributed by atoms with Crippen LogP contribution in [0.3, 0.4) is 0 Å². The lowest BCUT2D eigenvalue weighted by Gasteiger charge is -2.19. The summed E-state index contributed by atoms with van der Waals surface area (Å²) in [5.74, 6) is -0.360. The molecule has 161 valence electrons. The number of nitrogens with two attached hydrogens (primary N) is 1. The van der Waals surface area contributed by atoms with Gasteiger partial charge >= 0.3 is 0 Å². The number of hydrogen-bond acceptors (Lipinski definition) is 6. The molecule has 0 aromatic heterocycles. The number of aryl methyl sites for hydroxylation is 1. The Morgan fingerprint density at radius 3 is 2.69 bits per heavy atom. The monoisotopic (exact) mass is 423 g/mol. The van der Waals surface area contributed by atoms with E-state index < -0.39 is 27.8 Å². The summed E-state index contributed by atoms with van der Waals surface area (Å²) < 4.78 is 31.7. The molecule has 0 spiro atoms. The number of ether oxygens (including phenoxy) is 3. The summed E-state index contributed by atoms with van der Waals surface area (Å²) in [5, 5.41) is 0. The van der Waals surface area contributed by atoms with Crippen molar-refractivity contribution in [2.45, 2.75) is 63.6 Å². The van der Waals surface area contributed by atoms with Crippen molar-refractivity contribution in [1.82, 2.24) is 0 Å². The van der Waals surface area contributed by atoms with Crippen molar-refractivity contribution in [2.24, 2.45) is 10.1 Å². The maximum absolute atomic E-state index is 11.9. The van der Waals surface area contributed by atoms with Crippen LogP contribution in [0.4, 0.5) is 0 Å². The number of unbranched alkanes of at least 4 members (excludes halogenated alkanes) is 2. The van der Waals surface area contributed by atoms with Gasteiger partial charge in [0.05, 0.1) is 12.8 Å². The van der Waals surface area contributed by atoms with Gasteiger partial charge in [-0.25, -0.2) is 0 Å². The first kappa shape index (κ1) is 23.7. The van der Waals surface area contributed by atoms with E-state index in [1.54, 1.807) is 0 Å². The summed E-state index contributed by atoms with van der Waals surface area (Å²) in [7, 11) is 0. The molecule has 1 aromatic carbocycles. The van der Waals surface area contributed by atoms with Crippen molar-refractivity contribution < 1.29 is 23.6 Å². The van der Waals surface area contributed by atoms with Gasteiger partial charge < -0.3 is 24.5 Å². The lowest BCUT2D eigenvalue weighted by molar-refractivity contribution is -0.141. The first-order valence-electron chi connectivity index (χ1n) is 9.71. The van der Waals surface area contributed by atoms with E-state index in [0.717, 1.165) is 25.0 Å². The van der Waals surface area contributed by atoms with Crippen LogP contribution in [0, 0.1) is 6.42 Å². The molecular weight excluding hydrogens is 392 g/mol. The van der Waals surface area contributed by atoms with Gasteiger partial charge in [0.15, 0.2) is 5.79 Å². The summed E-state index contributed by atoms with van der Waals surface area (Å²) in [6.45, 7) is 7.83. The van der Waals surface area contributed by atoms with E-state index in [9.17, 15) is 9.35 Å². The average Bonchev–Trinajstić information content (AvgIpc) is 3.02. The smallest absolute Gasteiger partial charge is 0.275 e. The van der Waals surface area contributed by atoms with E-state index >= 15 is 0 Å². The third-order valence-electron chi connectivity index (χ3n) is 4.55. The zero-order valence-electron chi connectivity index (χ0n) is 17.6. The highest BCUT2D eigenvalue weighted by Gasteiger charge is 2.39. The first-order chi connectivity index (χ1) is 13.6. The van der Waals surface area contributed by atoms with Crippen LogP contribution in [0.25, 0.3) is 0 Å². The summed E-state index contributed by atoms with van der Waals surface area (Å²) in [4.78, 5) is 11.2. The predicted molar refractivity (Wildman–Crippen MR) is 114 cm³/mol. The van der Waals surface area contributed by atoms with Crippen molar-refractivity contribution in [3.05, 3.63) is 36.2 Å². The molecule has 1 radical (unpaired) electrons. The lowest BCUT2D eigenvalue weighted by atomic mass is 10.1. The Hall–Kier alpha value is -1.61. The van der Waals surface area contributed by atoms with Gasteiger partial charge in [-0.05, 0) is 64.7 Å². The Labute approximate surface area is 176 Å². The van der Waals surface area contributed by atoms with Gasteiger partial charge in [0.25, 0.3) is 5.91 Å². The third-order valence-corrected chi connectivity index (χ3v) is 5.94. The van der Waals surface area contributed by atoms with Crippen LogP contribution in [0.1, 0.15) is 46.1 Å². The molecule has 7 nitrogen and oxygen atoms in total. The van der Waals surface area contributed by atoms with Gasteiger partial charge in [-0.15, -0.1) is 0 Å². The van der Waals surface area contributed by atoms with Crippen LogP contribution in [-0.2, 0) is 32.1 Å². The molecule has 1 fully saturated rings. The summed E-state index contributed by atoms with van der Waals surface area (Å²) >= 11 is -1.68. The molecule has 1 saturated heterocycles. The van der Waals surface area contributed by atoms with Gasteiger partial charge in [-0.3, -0.25) is 4.79 Å². The van der Waals surface area contributed by atoms with Crippen molar-refractivity contribution in [1.29, 1.82) is 0 Å². The second-order valence-electron chi connectivity index (χ2n) is 7.91. The topological polar surface area (TPSA) is 106 Å². The quantitative estimate of drug-likeness (QED) is 0.335. The van der Waals surface area contributed by atoms with Crippen molar-refractivity contribution in [3.8, 4) is 5.75 Å². The minimum atomic E-state index is -1.68. The Balaban J connectivity index is 1.64. The van der Waals surface area contributed by atoms with Crippen molar-refractivity contribution >= 4 is 23.5 Å². The molecule has 1 heterocycles. The normalized spacial score (nSPS) is 20.1. The molecule has 1 aromatic rings. The van der Waals surface area contributed by atoms with E-state index in [1.807, 2.05) is 44.5 Å². The fraction of sp³-hybridized carbons (Fsp3) is 0.571. The Morgan fingerprint density at radius 1 is 1.41 bits per heavy atom. The van der Waals surface area contributed by atoms with Gasteiger partial charge in [-0.2, -0.15) is 0 Å². The fourth-order valence-corrected chi connectivity index (χ4v) is 3.23. The predicted octanol–water partition coefficient (Wildman–Crippen LogP) is 2.74. The van der Waals surface area contributed by atoms with Crippen LogP contribution in [0.2, 0.25) is 0 Å². The van der Waals surface area contributed by atoms with Crippen LogP contribution in [0.15, 0.2) is 28.7 Å². The molecule has 2 atom stereocenters. The zero-order chi connectivity index (χ0) is 21.5. The minimum absolute atomic E-state index is 0.0512. The molecule has 8 heteroatoms. The summed E-state index contributed by atoms with van der Waals surface area (Å²) in [6.07, 6.45) is 5.93. The number of benzene rings is 1. The Bertz CT molecular complexity index is 691. The van der Waals surface area contributed by atoms with Crippen LogP contribution in [0.5, 0.6) is 5.75 Å². The van der Waals surface area contributed by atoms with E-state index in [0.29, 0.717) is 13.2 Å². The van der Waals surface area contributed by atoms with Crippen LogP contribution in [-0.4, -0.2) is 46.5 Å². The standard InChI is InChI=1S/C21H31N2O5S/c1-20(2,19(22)24)29(25)23-13-7-5-6-8-16-9-11-17(12-10-16)26-14-18-15-27-21(3,4)28-18/h7,9-13,18H,5-6,8,14-15H2,1-4H3,(H2,22,24)/b23-13+/t18-,29?/m1/s1. The third kappa shape index (κ3) is 7.62. The molecule has 1 aliphatic rings. The average molecular weight is 424 g/mol. The number of amides is 1. The number of hydrogen-bond donors (Lipinski definition) is 1. The maximum Gasteiger partial charge on any atom is 0.275 e. The molecular formula is C21H31N2O5S. The van der Waals surface area contributed by atoms with Gasteiger partial charge in [0.1, 0.15) is 29.8 Å². The lowest BCUT2D eigenvalue weighted by Crippen LogP contribution is -2.44. The SMILES string of the molecule is CC1(C)OC[C@@H](COc2ccc(CCC[CH]/C=N/[S+]([O-])C(C)(C)C(N)=O)cc2)O1. The Kier molecular flexibility index (Phi) is 8.51. The molecule has 0 aliphatic carbocycles. The number of carbonyl (C=O) groups excluding carboxylic acids is 1. The highest BCUT2D eigenvalue weighted by atomic mass is 32.2. The van der Waals surface area contributed by atoms with Crippen molar-refractivity contribution in [2.75, 3.05) is 13.2 Å². The Morgan fingerprint density at radius 2 is 2.10 bits per heavy atom. The fourth-order valence-electron chi connectivity index (χ4n) is 2.60. The molecule has 2 rings (SSSR count). The van der Waals surface area contributed by atoms with Gasteiger partial charge in [0.2, 0.25) is 4.75 Å². The van der Waals surface area contributed by atoms with Gasteiger partial charge in [-0.1, -0.05) is 16.5 Å².